The van der Waals surface area contributed by atoms with Crippen molar-refractivity contribution in [2.45, 2.75) is 13.8 Å². The van der Waals surface area contributed by atoms with E-state index in [4.69, 9.17) is 0 Å². The number of methoxy groups -OCH3 is 1. The number of aromatic nitrogens is 1. The molecule has 1 heterocycles. The number of ether oxygens (including phenoxy) is 1. The molecule has 1 aromatic carbocycles. The maximum absolute atomic E-state index is 13.5. The van der Waals surface area contributed by atoms with Gasteiger partial charge in [-0.2, -0.15) is 0 Å². The Bertz CT molecular complexity index is 607. The maximum Gasteiger partial charge on any atom is 0.349 e. The Balaban J connectivity index is 2.45. The van der Waals surface area contributed by atoms with Gasteiger partial charge in [0.25, 0.3) is 0 Å². The van der Waals surface area contributed by atoms with E-state index in [0.29, 0.717) is 26.7 Å². The third-order valence-corrected chi connectivity index (χ3v) is 3.77. The van der Waals surface area contributed by atoms with Crippen molar-refractivity contribution in [1.29, 1.82) is 0 Å². The molecular formula is C13H12FNO2S. The van der Waals surface area contributed by atoms with Crippen LogP contribution in [0, 0.1) is 19.7 Å². The van der Waals surface area contributed by atoms with Crippen molar-refractivity contribution in [2.75, 3.05) is 7.11 Å². The van der Waals surface area contributed by atoms with Gasteiger partial charge in [-0.1, -0.05) is 12.1 Å². The number of rotatable bonds is 2. The minimum Gasteiger partial charge on any atom is -0.465 e. The number of aryl methyl sites for hydroxylation is 2. The van der Waals surface area contributed by atoms with E-state index in [-0.39, 0.29) is 5.82 Å². The van der Waals surface area contributed by atoms with Crippen LogP contribution < -0.4 is 0 Å². The number of carbonyl (C=O) groups is 1. The van der Waals surface area contributed by atoms with Crippen LogP contribution in [0.1, 0.15) is 20.9 Å². The number of hydrogen-bond acceptors (Lipinski definition) is 4. The molecule has 0 radical (unpaired) electrons. The Morgan fingerprint density at radius 2 is 2.11 bits per heavy atom. The molecule has 0 aliphatic heterocycles. The highest BCUT2D eigenvalue weighted by Gasteiger charge is 2.16. The van der Waals surface area contributed by atoms with E-state index >= 15 is 0 Å². The summed E-state index contributed by atoms with van der Waals surface area (Å²) in [5.74, 6) is -0.691. The van der Waals surface area contributed by atoms with Gasteiger partial charge in [-0.3, -0.25) is 0 Å². The smallest absolute Gasteiger partial charge is 0.349 e. The molecule has 0 aliphatic rings. The van der Waals surface area contributed by atoms with Gasteiger partial charge in [0.15, 0.2) is 0 Å². The molecule has 0 N–H and O–H groups in total. The monoisotopic (exact) mass is 265 g/mol. The van der Waals surface area contributed by atoms with Crippen LogP contribution in [-0.4, -0.2) is 18.1 Å². The van der Waals surface area contributed by atoms with E-state index in [1.54, 1.807) is 26.0 Å². The van der Waals surface area contributed by atoms with Crippen LogP contribution in [-0.2, 0) is 4.74 Å². The largest absolute Gasteiger partial charge is 0.465 e. The molecule has 0 amide bonds. The summed E-state index contributed by atoms with van der Waals surface area (Å²) in [6.07, 6.45) is 0. The third-order valence-electron chi connectivity index (χ3n) is 2.59. The molecule has 2 rings (SSSR count). The summed E-state index contributed by atoms with van der Waals surface area (Å²) in [5, 5.41) is 0.617. The lowest BCUT2D eigenvalue weighted by atomic mass is 10.1. The van der Waals surface area contributed by atoms with Gasteiger partial charge in [0.05, 0.1) is 12.8 Å². The van der Waals surface area contributed by atoms with Crippen LogP contribution in [0.25, 0.3) is 10.6 Å². The molecule has 0 spiro atoms. The molecule has 0 fully saturated rings. The maximum atomic E-state index is 13.5. The average Bonchev–Trinajstić information content (AvgIpc) is 2.74. The molecule has 1 aromatic heterocycles. The van der Waals surface area contributed by atoms with Crippen molar-refractivity contribution in [3.8, 4) is 10.6 Å². The van der Waals surface area contributed by atoms with Crippen molar-refractivity contribution >= 4 is 17.3 Å². The lowest BCUT2D eigenvalue weighted by Gasteiger charge is -1.99. The predicted molar refractivity (Wildman–Crippen MR) is 68.3 cm³/mol. The quantitative estimate of drug-likeness (QED) is 0.782. The molecule has 0 aliphatic carbocycles. The third kappa shape index (κ3) is 2.26. The summed E-state index contributed by atoms with van der Waals surface area (Å²) < 4.78 is 18.1. The zero-order chi connectivity index (χ0) is 13.3. The SMILES string of the molecule is COC(=O)c1sc(-c2ccc(C)c(F)c2)nc1C. The van der Waals surface area contributed by atoms with E-state index in [1.165, 1.54) is 24.5 Å². The number of carbonyl (C=O) groups excluding carboxylic acids is 1. The van der Waals surface area contributed by atoms with E-state index in [9.17, 15) is 9.18 Å². The molecule has 0 saturated heterocycles. The summed E-state index contributed by atoms with van der Waals surface area (Å²) in [6, 6.07) is 4.91. The number of esters is 1. The molecule has 0 unspecified atom stereocenters. The zero-order valence-corrected chi connectivity index (χ0v) is 11.1. The molecule has 18 heavy (non-hydrogen) atoms. The average molecular weight is 265 g/mol. The van der Waals surface area contributed by atoms with Crippen LogP contribution in [0.5, 0.6) is 0 Å². The van der Waals surface area contributed by atoms with E-state index in [1.807, 2.05) is 0 Å². The Morgan fingerprint density at radius 1 is 1.39 bits per heavy atom. The van der Waals surface area contributed by atoms with Crippen molar-refractivity contribution in [3.63, 3.8) is 0 Å². The lowest BCUT2D eigenvalue weighted by molar-refractivity contribution is 0.0605. The highest BCUT2D eigenvalue weighted by Crippen LogP contribution is 2.29. The summed E-state index contributed by atoms with van der Waals surface area (Å²) in [5.41, 5.74) is 1.85. The van der Waals surface area contributed by atoms with Crippen LogP contribution in [0.15, 0.2) is 18.2 Å². The van der Waals surface area contributed by atoms with E-state index in [0.717, 1.165) is 0 Å². The predicted octanol–water partition coefficient (Wildman–Crippen LogP) is 3.35. The molecular weight excluding hydrogens is 253 g/mol. The first-order chi connectivity index (χ1) is 8.52. The van der Waals surface area contributed by atoms with Gasteiger partial charge in [0.2, 0.25) is 0 Å². The van der Waals surface area contributed by atoms with Crippen LogP contribution in [0.3, 0.4) is 0 Å². The Morgan fingerprint density at radius 3 is 2.72 bits per heavy atom. The lowest BCUT2D eigenvalue weighted by Crippen LogP contribution is -1.99. The fourth-order valence-electron chi connectivity index (χ4n) is 1.53. The van der Waals surface area contributed by atoms with Gasteiger partial charge in [-0.25, -0.2) is 14.2 Å². The normalized spacial score (nSPS) is 10.4. The van der Waals surface area contributed by atoms with Gasteiger partial charge in [0.1, 0.15) is 15.7 Å². The number of nitrogens with zero attached hydrogens (tertiary/aromatic N) is 1. The van der Waals surface area contributed by atoms with Crippen molar-refractivity contribution in [3.05, 3.63) is 40.2 Å². The number of benzene rings is 1. The highest BCUT2D eigenvalue weighted by atomic mass is 32.1. The molecule has 5 heteroatoms. The topological polar surface area (TPSA) is 39.2 Å². The summed E-state index contributed by atoms with van der Waals surface area (Å²) >= 11 is 1.21. The molecule has 0 bridgehead atoms. The Labute approximate surface area is 108 Å². The second-order valence-corrected chi connectivity index (χ2v) is 4.89. The van der Waals surface area contributed by atoms with Crippen LogP contribution in [0.4, 0.5) is 4.39 Å². The van der Waals surface area contributed by atoms with Crippen LogP contribution >= 0.6 is 11.3 Å². The first kappa shape index (κ1) is 12.7. The summed E-state index contributed by atoms with van der Waals surface area (Å²) in [4.78, 5) is 16.2. The molecule has 0 saturated carbocycles. The fourth-order valence-corrected chi connectivity index (χ4v) is 2.51. The van der Waals surface area contributed by atoms with Crippen LogP contribution in [0.2, 0.25) is 0 Å². The first-order valence-corrected chi connectivity index (χ1v) is 6.17. The number of hydrogen-bond donors (Lipinski definition) is 0. The van der Waals surface area contributed by atoms with Gasteiger partial charge in [-0.15, -0.1) is 11.3 Å². The fraction of sp³-hybridized carbons (Fsp3) is 0.231. The number of halogens is 1. The zero-order valence-electron chi connectivity index (χ0n) is 10.3. The standard InChI is InChI=1S/C13H12FNO2S/c1-7-4-5-9(6-10(7)14)12-15-8(2)11(18-12)13(16)17-3/h4-6H,1-3H3. The Kier molecular flexibility index (Phi) is 3.43. The molecule has 2 aromatic rings. The first-order valence-electron chi connectivity index (χ1n) is 5.35. The van der Waals surface area contributed by atoms with Crippen molar-refractivity contribution in [1.82, 2.24) is 4.98 Å². The second kappa shape index (κ2) is 4.86. The summed E-state index contributed by atoms with van der Waals surface area (Å²) in [7, 11) is 1.33. The molecule has 0 atom stereocenters. The minimum absolute atomic E-state index is 0.278. The van der Waals surface area contributed by atoms with Gasteiger partial charge in [0, 0.05) is 5.56 Å². The van der Waals surface area contributed by atoms with Gasteiger partial charge < -0.3 is 4.74 Å². The molecule has 94 valence electrons. The summed E-state index contributed by atoms with van der Waals surface area (Å²) in [6.45, 7) is 3.43. The van der Waals surface area contributed by atoms with Crippen molar-refractivity contribution < 1.29 is 13.9 Å². The van der Waals surface area contributed by atoms with Gasteiger partial charge in [-0.05, 0) is 25.5 Å². The van der Waals surface area contributed by atoms with Crippen molar-refractivity contribution in [2.24, 2.45) is 0 Å². The van der Waals surface area contributed by atoms with E-state index in [2.05, 4.69) is 9.72 Å². The molecule has 3 nitrogen and oxygen atoms in total. The Hall–Kier alpha value is -1.75. The minimum atomic E-state index is -0.413. The van der Waals surface area contributed by atoms with E-state index < -0.39 is 5.97 Å². The number of thiazole rings is 1. The highest BCUT2D eigenvalue weighted by molar-refractivity contribution is 7.17. The second-order valence-electron chi connectivity index (χ2n) is 3.89. The van der Waals surface area contributed by atoms with Gasteiger partial charge >= 0.3 is 5.97 Å².